The number of hydrogen-bond acceptors (Lipinski definition) is 5. The first-order valence-electron chi connectivity index (χ1n) is 7.99. The van der Waals surface area contributed by atoms with Crippen LogP contribution in [0.2, 0.25) is 0 Å². The summed E-state index contributed by atoms with van der Waals surface area (Å²) < 4.78 is 11.0. The average Bonchev–Trinajstić information content (AvgIpc) is 2.80. The predicted octanol–water partition coefficient (Wildman–Crippen LogP) is 1.37. The first kappa shape index (κ1) is 17.5. The molecule has 6 heteroatoms. The summed E-state index contributed by atoms with van der Waals surface area (Å²) in [5, 5.41) is 13.4. The summed E-state index contributed by atoms with van der Waals surface area (Å²) in [4.78, 5) is 13.9. The summed E-state index contributed by atoms with van der Waals surface area (Å²) >= 11 is 0. The Morgan fingerprint density at radius 2 is 1.95 bits per heavy atom. The van der Waals surface area contributed by atoms with Gasteiger partial charge >= 0.3 is 6.09 Å². The normalized spacial score (nSPS) is 34.4. The van der Waals surface area contributed by atoms with Gasteiger partial charge in [0.05, 0.1) is 24.8 Å². The van der Waals surface area contributed by atoms with Crippen molar-refractivity contribution in [3.8, 4) is 0 Å². The van der Waals surface area contributed by atoms with Crippen LogP contribution < -0.4 is 5.32 Å². The molecule has 4 atom stereocenters. The highest BCUT2D eigenvalue weighted by atomic mass is 16.6. The van der Waals surface area contributed by atoms with E-state index >= 15 is 0 Å². The van der Waals surface area contributed by atoms with Gasteiger partial charge in [-0.3, -0.25) is 0 Å². The zero-order valence-corrected chi connectivity index (χ0v) is 14.5. The molecule has 2 N–H and O–H groups in total. The molecule has 0 aromatic carbocycles. The molecule has 3 unspecified atom stereocenters. The van der Waals surface area contributed by atoms with Crippen LogP contribution in [-0.2, 0) is 9.47 Å². The summed E-state index contributed by atoms with van der Waals surface area (Å²) in [5.41, 5.74) is -0.636. The van der Waals surface area contributed by atoms with Gasteiger partial charge in [-0.05, 0) is 27.2 Å². The van der Waals surface area contributed by atoms with Crippen molar-refractivity contribution in [2.75, 3.05) is 20.2 Å². The number of ether oxygens (including phenoxy) is 2. The first-order chi connectivity index (χ1) is 10.0. The molecule has 2 fully saturated rings. The molecule has 1 amide bonds. The average molecular weight is 314 g/mol. The number of nitrogens with one attached hydrogen (secondary N) is 1. The largest absolute Gasteiger partial charge is 0.444 e. The van der Waals surface area contributed by atoms with Crippen LogP contribution in [0.3, 0.4) is 0 Å². The number of nitrogens with zero attached hydrogens (tertiary/aromatic N) is 1. The van der Waals surface area contributed by atoms with E-state index < -0.39 is 5.60 Å². The van der Waals surface area contributed by atoms with E-state index in [0.29, 0.717) is 13.1 Å². The minimum atomic E-state index is -0.495. The molecule has 1 aliphatic heterocycles. The van der Waals surface area contributed by atoms with Crippen molar-refractivity contribution in [1.82, 2.24) is 10.2 Å². The van der Waals surface area contributed by atoms with Crippen molar-refractivity contribution in [3.63, 3.8) is 0 Å². The molecule has 1 saturated heterocycles. The van der Waals surface area contributed by atoms with Crippen LogP contribution in [0, 0.1) is 5.41 Å². The van der Waals surface area contributed by atoms with Gasteiger partial charge in [-0.15, -0.1) is 0 Å². The van der Waals surface area contributed by atoms with Crippen molar-refractivity contribution in [2.45, 2.75) is 70.9 Å². The van der Waals surface area contributed by atoms with Gasteiger partial charge in [0.25, 0.3) is 0 Å². The van der Waals surface area contributed by atoms with Gasteiger partial charge in [0.15, 0.2) is 0 Å². The molecule has 0 aromatic rings. The zero-order valence-electron chi connectivity index (χ0n) is 14.5. The third kappa shape index (κ3) is 3.55. The van der Waals surface area contributed by atoms with Gasteiger partial charge in [-0.1, -0.05) is 13.8 Å². The third-order valence-electron chi connectivity index (χ3n) is 4.85. The van der Waals surface area contributed by atoms with E-state index in [0.717, 1.165) is 6.42 Å². The molecule has 2 rings (SSSR count). The fraction of sp³-hybridized carbons (Fsp3) is 0.938. The summed E-state index contributed by atoms with van der Waals surface area (Å²) in [6.07, 6.45) is 0.119. The molecule has 0 bridgehead atoms. The van der Waals surface area contributed by atoms with E-state index in [4.69, 9.17) is 9.47 Å². The Morgan fingerprint density at radius 3 is 2.41 bits per heavy atom. The third-order valence-corrected chi connectivity index (χ3v) is 4.85. The zero-order chi connectivity index (χ0) is 16.7. The Kier molecular flexibility index (Phi) is 4.76. The van der Waals surface area contributed by atoms with E-state index in [1.807, 2.05) is 20.8 Å². The molecular formula is C16H30N2O4. The molecule has 6 nitrogen and oxygen atoms in total. The molecular weight excluding hydrogens is 284 g/mol. The minimum Gasteiger partial charge on any atom is -0.444 e. The number of amides is 1. The Hall–Kier alpha value is -0.850. The second-order valence-electron chi connectivity index (χ2n) is 8.06. The topological polar surface area (TPSA) is 71.0 Å². The molecule has 1 saturated carbocycles. The van der Waals surface area contributed by atoms with Gasteiger partial charge in [-0.2, -0.15) is 0 Å². The van der Waals surface area contributed by atoms with Crippen LogP contribution in [-0.4, -0.2) is 66.2 Å². The van der Waals surface area contributed by atoms with Gasteiger partial charge in [0.1, 0.15) is 5.60 Å². The summed E-state index contributed by atoms with van der Waals surface area (Å²) in [7, 11) is 1.67. The number of likely N-dealkylation sites (tertiary alicyclic amines) is 1. The van der Waals surface area contributed by atoms with Crippen molar-refractivity contribution in [3.05, 3.63) is 0 Å². The number of hydrogen-bond donors (Lipinski definition) is 2. The minimum absolute atomic E-state index is 0.0546. The number of aliphatic hydroxyl groups excluding tert-OH is 1. The lowest BCUT2D eigenvalue weighted by Gasteiger charge is -2.51. The van der Waals surface area contributed by atoms with Crippen LogP contribution in [0.5, 0.6) is 0 Å². The van der Waals surface area contributed by atoms with Gasteiger partial charge in [0.2, 0.25) is 0 Å². The summed E-state index contributed by atoms with van der Waals surface area (Å²) in [6, 6.07) is 0.304. The number of carbonyl (C=O) groups excluding carboxylic acids is 1. The summed E-state index contributed by atoms with van der Waals surface area (Å²) in [6.45, 7) is 10.8. The quantitative estimate of drug-likeness (QED) is 0.823. The van der Waals surface area contributed by atoms with Crippen LogP contribution >= 0.6 is 0 Å². The number of rotatable bonds is 3. The molecule has 22 heavy (non-hydrogen) atoms. The molecule has 128 valence electrons. The number of aliphatic hydroxyl groups is 1. The van der Waals surface area contributed by atoms with Crippen LogP contribution in [0.4, 0.5) is 4.79 Å². The maximum atomic E-state index is 12.2. The van der Waals surface area contributed by atoms with Crippen LogP contribution in [0.1, 0.15) is 41.0 Å². The van der Waals surface area contributed by atoms with Crippen molar-refractivity contribution >= 4 is 6.09 Å². The molecule has 2 aliphatic rings. The standard InChI is InChI=1S/C16H30N2O4/c1-15(2,3)22-14(20)18-8-10(11(9-18)21-6)17-12-7-13(19)16(12,4)5/h10-13,17,19H,7-9H2,1-6H3/t10?,11-,12?,13?/m0/s1. The maximum Gasteiger partial charge on any atom is 0.410 e. The molecule has 1 aliphatic carbocycles. The van der Waals surface area contributed by atoms with Crippen LogP contribution in [0.15, 0.2) is 0 Å². The molecule has 0 aromatic heterocycles. The first-order valence-corrected chi connectivity index (χ1v) is 7.99. The van der Waals surface area contributed by atoms with E-state index in [2.05, 4.69) is 19.2 Å². The molecule has 0 radical (unpaired) electrons. The van der Waals surface area contributed by atoms with Gasteiger partial charge in [0, 0.05) is 25.1 Å². The van der Waals surface area contributed by atoms with E-state index in [1.165, 1.54) is 0 Å². The van der Waals surface area contributed by atoms with E-state index in [1.54, 1.807) is 12.0 Å². The Morgan fingerprint density at radius 1 is 1.32 bits per heavy atom. The fourth-order valence-corrected chi connectivity index (χ4v) is 3.09. The van der Waals surface area contributed by atoms with Crippen molar-refractivity contribution < 1.29 is 19.4 Å². The lowest BCUT2D eigenvalue weighted by molar-refractivity contribution is -0.0797. The lowest BCUT2D eigenvalue weighted by atomic mass is 9.64. The Bertz CT molecular complexity index is 419. The smallest absolute Gasteiger partial charge is 0.410 e. The number of methoxy groups -OCH3 is 1. The Labute approximate surface area is 133 Å². The second-order valence-corrected chi connectivity index (χ2v) is 8.06. The highest BCUT2D eigenvalue weighted by molar-refractivity contribution is 5.68. The van der Waals surface area contributed by atoms with Gasteiger partial charge in [-0.25, -0.2) is 4.79 Å². The van der Waals surface area contributed by atoms with Crippen molar-refractivity contribution in [1.29, 1.82) is 0 Å². The summed E-state index contributed by atoms with van der Waals surface area (Å²) in [5.74, 6) is 0. The Balaban J connectivity index is 1.94. The van der Waals surface area contributed by atoms with Crippen molar-refractivity contribution in [2.24, 2.45) is 5.41 Å². The van der Waals surface area contributed by atoms with E-state index in [-0.39, 0.29) is 35.8 Å². The highest BCUT2D eigenvalue weighted by Gasteiger charge is 2.49. The monoisotopic (exact) mass is 314 g/mol. The van der Waals surface area contributed by atoms with Crippen LogP contribution in [0.25, 0.3) is 0 Å². The highest BCUT2D eigenvalue weighted by Crippen LogP contribution is 2.41. The lowest BCUT2D eigenvalue weighted by Crippen LogP contribution is -2.63. The molecule has 1 heterocycles. The SMILES string of the molecule is CO[C@H]1CN(C(=O)OC(C)(C)C)CC1NC1CC(O)C1(C)C. The molecule has 0 spiro atoms. The van der Waals surface area contributed by atoms with E-state index in [9.17, 15) is 9.90 Å². The van der Waals surface area contributed by atoms with Gasteiger partial charge < -0.3 is 24.8 Å². The second kappa shape index (κ2) is 5.98. The number of carbonyl (C=O) groups is 1. The maximum absolute atomic E-state index is 12.2. The predicted molar refractivity (Wildman–Crippen MR) is 83.7 cm³/mol. The fourth-order valence-electron chi connectivity index (χ4n) is 3.09.